The average molecular weight is 197 g/mol. The van der Waals surface area contributed by atoms with Crippen LogP contribution < -0.4 is 0 Å². The third-order valence-electron chi connectivity index (χ3n) is 1.48. The van der Waals surface area contributed by atoms with Gasteiger partial charge in [0.15, 0.2) is 5.78 Å². The Balaban J connectivity index is 2.83. The highest BCUT2D eigenvalue weighted by atomic mass is 35.5. The van der Waals surface area contributed by atoms with E-state index in [0.29, 0.717) is 10.6 Å². The maximum absolute atomic E-state index is 11.3. The summed E-state index contributed by atoms with van der Waals surface area (Å²) in [6, 6.07) is 6.68. The van der Waals surface area contributed by atoms with E-state index in [1.54, 1.807) is 24.3 Å². The van der Waals surface area contributed by atoms with E-state index in [4.69, 9.17) is 16.7 Å². The van der Waals surface area contributed by atoms with Crippen molar-refractivity contribution in [2.24, 2.45) is 0 Å². The predicted molar refractivity (Wildman–Crippen MR) is 52.0 cm³/mol. The van der Waals surface area contributed by atoms with Crippen LogP contribution in [0.4, 0.5) is 0 Å². The van der Waals surface area contributed by atoms with Crippen LogP contribution >= 0.6 is 11.6 Å². The minimum Gasteiger partial charge on any atom is -0.392 e. The minimum absolute atomic E-state index is 0.133. The second-order valence-corrected chi connectivity index (χ2v) is 2.90. The predicted octanol–water partition coefficient (Wildman–Crippen LogP) is 2.07. The van der Waals surface area contributed by atoms with Crippen molar-refractivity contribution >= 4 is 17.4 Å². The molecule has 1 N–H and O–H groups in total. The number of hydrogen-bond acceptors (Lipinski definition) is 2. The zero-order valence-electron chi connectivity index (χ0n) is 6.90. The lowest BCUT2D eigenvalue weighted by Gasteiger charge is -1.95. The largest absolute Gasteiger partial charge is 0.392 e. The standard InChI is InChI=1S/C10H9ClO2/c11-9-4-1-3-8(7-9)10(13)5-2-6-12/h1-5,7,12H,6H2/b5-2+. The van der Waals surface area contributed by atoms with Crippen LogP contribution in [-0.4, -0.2) is 17.5 Å². The number of carbonyl (C=O) groups excluding carboxylic acids is 1. The first-order valence-electron chi connectivity index (χ1n) is 3.81. The van der Waals surface area contributed by atoms with Gasteiger partial charge in [0.1, 0.15) is 0 Å². The van der Waals surface area contributed by atoms with Crippen molar-refractivity contribution in [2.45, 2.75) is 0 Å². The van der Waals surface area contributed by atoms with Gasteiger partial charge >= 0.3 is 0 Å². The first-order chi connectivity index (χ1) is 6.24. The van der Waals surface area contributed by atoms with Gasteiger partial charge in [0.05, 0.1) is 6.61 Å². The highest BCUT2D eigenvalue weighted by molar-refractivity contribution is 6.31. The van der Waals surface area contributed by atoms with Gasteiger partial charge in [0.25, 0.3) is 0 Å². The van der Waals surface area contributed by atoms with Crippen LogP contribution in [0, 0.1) is 0 Å². The van der Waals surface area contributed by atoms with Gasteiger partial charge in [-0.3, -0.25) is 4.79 Å². The lowest BCUT2D eigenvalue weighted by atomic mass is 10.1. The van der Waals surface area contributed by atoms with Crippen LogP contribution in [0.1, 0.15) is 10.4 Å². The molecule has 3 heteroatoms. The number of ketones is 1. The van der Waals surface area contributed by atoms with Gasteiger partial charge in [-0.25, -0.2) is 0 Å². The van der Waals surface area contributed by atoms with Gasteiger partial charge < -0.3 is 5.11 Å². The lowest BCUT2D eigenvalue weighted by molar-refractivity contribution is 0.104. The molecule has 0 amide bonds. The molecule has 1 aromatic carbocycles. The van der Waals surface area contributed by atoms with E-state index in [2.05, 4.69) is 0 Å². The highest BCUT2D eigenvalue weighted by Gasteiger charge is 2.00. The van der Waals surface area contributed by atoms with Gasteiger partial charge in [0.2, 0.25) is 0 Å². The Morgan fingerprint density at radius 2 is 2.31 bits per heavy atom. The normalized spacial score (nSPS) is 10.6. The quantitative estimate of drug-likeness (QED) is 0.594. The average Bonchev–Trinajstić information content (AvgIpc) is 2.14. The second-order valence-electron chi connectivity index (χ2n) is 2.46. The summed E-state index contributed by atoms with van der Waals surface area (Å²) >= 11 is 5.70. The summed E-state index contributed by atoms with van der Waals surface area (Å²) in [5.41, 5.74) is 0.525. The summed E-state index contributed by atoms with van der Waals surface area (Å²) in [5.74, 6) is -0.156. The summed E-state index contributed by atoms with van der Waals surface area (Å²) in [4.78, 5) is 11.3. The van der Waals surface area contributed by atoms with Crippen molar-refractivity contribution in [3.63, 3.8) is 0 Å². The molecule has 68 valence electrons. The van der Waals surface area contributed by atoms with Gasteiger partial charge in [0, 0.05) is 10.6 Å². The summed E-state index contributed by atoms with van der Waals surface area (Å²) in [7, 11) is 0. The fraction of sp³-hybridized carbons (Fsp3) is 0.100. The maximum atomic E-state index is 11.3. The Morgan fingerprint density at radius 3 is 2.92 bits per heavy atom. The van der Waals surface area contributed by atoms with E-state index in [1.165, 1.54) is 12.2 Å². The molecule has 2 nitrogen and oxygen atoms in total. The molecule has 0 spiro atoms. The third-order valence-corrected chi connectivity index (χ3v) is 1.72. The number of carbonyl (C=O) groups is 1. The fourth-order valence-corrected chi connectivity index (χ4v) is 1.09. The monoisotopic (exact) mass is 196 g/mol. The number of rotatable bonds is 3. The number of allylic oxidation sites excluding steroid dienone is 1. The van der Waals surface area contributed by atoms with Crippen molar-refractivity contribution in [1.82, 2.24) is 0 Å². The molecule has 0 saturated carbocycles. The molecule has 0 aliphatic carbocycles. The zero-order chi connectivity index (χ0) is 9.68. The molecule has 0 heterocycles. The van der Waals surface area contributed by atoms with E-state index >= 15 is 0 Å². The minimum atomic E-state index is -0.156. The first-order valence-corrected chi connectivity index (χ1v) is 4.19. The van der Waals surface area contributed by atoms with Crippen molar-refractivity contribution in [1.29, 1.82) is 0 Å². The third kappa shape index (κ3) is 3.01. The summed E-state index contributed by atoms with van der Waals surface area (Å²) in [5, 5.41) is 8.98. The molecule has 0 atom stereocenters. The molecule has 0 bridgehead atoms. The number of halogens is 1. The Kier molecular flexibility index (Phi) is 3.68. The molecule has 0 aliphatic heterocycles. The van der Waals surface area contributed by atoms with Crippen molar-refractivity contribution < 1.29 is 9.90 Å². The van der Waals surface area contributed by atoms with E-state index in [0.717, 1.165) is 0 Å². The van der Waals surface area contributed by atoms with Crippen molar-refractivity contribution in [3.8, 4) is 0 Å². The number of aliphatic hydroxyl groups excluding tert-OH is 1. The highest BCUT2D eigenvalue weighted by Crippen LogP contribution is 2.11. The number of aliphatic hydroxyl groups is 1. The van der Waals surface area contributed by atoms with Crippen molar-refractivity contribution in [2.75, 3.05) is 6.61 Å². The first kappa shape index (κ1) is 9.96. The van der Waals surface area contributed by atoms with Crippen LogP contribution in [0.2, 0.25) is 5.02 Å². The Bertz CT molecular complexity index is 331. The second kappa shape index (κ2) is 4.80. The van der Waals surface area contributed by atoms with E-state index in [1.807, 2.05) is 0 Å². The topological polar surface area (TPSA) is 37.3 Å². The Morgan fingerprint density at radius 1 is 1.54 bits per heavy atom. The molecule has 1 aromatic rings. The molecule has 0 aliphatic rings. The summed E-state index contributed by atoms with van der Waals surface area (Å²) in [6.45, 7) is -0.133. The van der Waals surface area contributed by atoms with Crippen LogP contribution in [0.5, 0.6) is 0 Å². The molecular weight excluding hydrogens is 188 g/mol. The molecule has 0 aromatic heterocycles. The van der Waals surface area contributed by atoms with E-state index in [-0.39, 0.29) is 12.4 Å². The molecule has 0 fully saturated rings. The maximum Gasteiger partial charge on any atom is 0.185 e. The molecule has 0 unspecified atom stereocenters. The molecule has 0 saturated heterocycles. The van der Waals surface area contributed by atoms with Gasteiger partial charge in [-0.1, -0.05) is 29.8 Å². The fourth-order valence-electron chi connectivity index (χ4n) is 0.898. The smallest absolute Gasteiger partial charge is 0.185 e. The van der Waals surface area contributed by atoms with Gasteiger partial charge in [-0.2, -0.15) is 0 Å². The van der Waals surface area contributed by atoms with Crippen LogP contribution in [-0.2, 0) is 0 Å². The molecular formula is C10H9ClO2. The summed E-state index contributed by atoms with van der Waals surface area (Å²) < 4.78 is 0. The molecule has 1 rings (SSSR count). The van der Waals surface area contributed by atoms with E-state index in [9.17, 15) is 4.79 Å². The molecule has 0 radical (unpaired) electrons. The van der Waals surface area contributed by atoms with Gasteiger partial charge in [-0.05, 0) is 18.2 Å². The molecule has 13 heavy (non-hydrogen) atoms. The van der Waals surface area contributed by atoms with Crippen LogP contribution in [0.3, 0.4) is 0 Å². The van der Waals surface area contributed by atoms with Gasteiger partial charge in [-0.15, -0.1) is 0 Å². The number of hydrogen-bond donors (Lipinski definition) is 1. The zero-order valence-corrected chi connectivity index (χ0v) is 7.66. The van der Waals surface area contributed by atoms with Crippen molar-refractivity contribution in [3.05, 3.63) is 47.0 Å². The lowest BCUT2D eigenvalue weighted by Crippen LogP contribution is -1.93. The van der Waals surface area contributed by atoms with E-state index < -0.39 is 0 Å². The number of benzene rings is 1. The van der Waals surface area contributed by atoms with Crippen LogP contribution in [0.15, 0.2) is 36.4 Å². The Hall–Kier alpha value is -1.12. The van der Waals surface area contributed by atoms with Crippen LogP contribution in [0.25, 0.3) is 0 Å². The SMILES string of the molecule is O=C(/C=C/CO)c1cccc(Cl)c1. The summed E-state index contributed by atoms with van der Waals surface area (Å²) in [6.07, 6.45) is 2.72. The Labute approximate surface area is 81.5 Å².